The molecule has 0 N–H and O–H groups in total. The van der Waals surface area contributed by atoms with Crippen molar-refractivity contribution in [1.29, 1.82) is 0 Å². The number of piperidine rings is 2. The molecule has 5 heteroatoms. The standard InChI is InChI=1S/C24H29N3O2/c28-23(26-12-4-1-5-13-26)18-10-14-27(15-11-18)24(29)20-16-22(17-8-9-17)25-21-7-3-2-6-19(20)21/h2-3,6-7,16-18H,1,4-5,8-15H2. The lowest BCUT2D eigenvalue weighted by Gasteiger charge is -2.35. The summed E-state index contributed by atoms with van der Waals surface area (Å²) >= 11 is 0. The molecular formula is C24H29N3O2. The van der Waals surface area contributed by atoms with Crippen molar-refractivity contribution in [3.05, 3.63) is 41.6 Å². The molecule has 3 heterocycles. The molecule has 2 aliphatic heterocycles. The van der Waals surface area contributed by atoms with Gasteiger partial charge in [0.15, 0.2) is 0 Å². The van der Waals surface area contributed by atoms with Gasteiger partial charge < -0.3 is 9.80 Å². The molecule has 3 aliphatic rings. The molecule has 2 saturated heterocycles. The highest BCUT2D eigenvalue weighted by atomic mass is 16.2. The third-order valence-corrected chi connectivity index (χ3v) is 6.76. The molecule has 2 aromatic rings. The maximum Gasteiger partial charge on any atom is 0.254 e. The van der Waals surface area contributed by atoms with Crippen molar-refractivity contribution in [2.45, 2.75) is 50.9 Å². The SMILES string of the molecule is O=C(c1cc(C2CC2)nc2ccccc12)N1CCC(C(=O)N2CCCCC2)CC1. The summed E-state index contributed by atoms with van der Waals surface area (Å²) < 4.78 is 0. The molecule has 152 valence electrons. The van der Waals surface area contributed by atoms with E-state index in [1.165, 1.54) is 19.3 Å². The summed E-state index contributed by atoms with van der Waals surface area (Å²) in [6, 6.07) is 9.98. The molecule has 29 heavy (non-hydrogen) atoms. The highest BCUT2D eigenvalue weighted by Crippen LogP contribution is 2.40. The number of hydrogen-bond donors (Lipinski definition) is 0. The van der Waals surface area contributed by atoms with Gasteiger partial charge in [-0.2, -0.15) is 0 Å². The Hall–Kier alpha value is -2.43. The quantitative estimate of drug-likeness (QED) is 0.795. The maximum absolute atomic E-state index is 13.4. The number of nitrogens with zero attached hydrogens (tertiary/aromatic N) is 3. The Bertz CT molecular complexity index is 923. The van der Waals surface area contributed by atoms with Gasteiger partial charge in [-0.1, -0.05) is 18.2 Å². The lowest BCUT2D eigenvalue weighted by molar-refractivity contribution is -0.137. The predicted molar refractivity (Wildman–Crippen MR) is 113 cm³/mol. The van der Waals surface area contributed by atoms with Crippen LogP contribution in [0.25, 0.3) is 10.9 Å². The molecule has 0 spiro atoms. The summed E-state index contributed by atoms with van der Waals surface area (Å²) in [4.78, 5) is 35.0. The van der Waals surface area contributed by atoms with E-state index < -0.39 is 0 Å². The van der Waals surface area contributed by atoms with Gasteiger partial charge in [0.2, 0.25) is 5.91 Å². The second kappa shape index (κ2) is 7.77. The minimum atomic E-state index is 0.0772. The van der Waals surface area contributed by atoms with Crippen LogP contribution >= 0.6 is 0 Å². The minimum absolute atomic E-state index is 0.0772. The lowest BCUT2D eigenvalue weighted by atomic mass is 9.93. The van der Waals surface area contributed by atoms with Crippen LogP contribution in [-0.4, -0.2) is 52.8 Å². The summed E-state index contributed by atoms with van der Waals surface area (Å²) in [6.07, 6.45) is 7.38. The summed E-state index contributed by atoms with van der Waals surface area (Å²) in [6.45, 7) is 3.15. The van der Waals surface area contributed by atoms with E-state index in [-0.39, 0.29) is 11.8 Å². The maximum atomic E-state index is 13.4. The van der Waals surface area contributed by atoms with E-state index in [1.54, 1.807) is 0 Å². The third kappa shape index (κ3) is 3.75. The smallest absolute Gasteiger partial charge is 0.254 e. The average molecular weight is 392 g/mol. The number of benzene rings is 1. The highest BCUT2D eigenvalue weighted by molar-refractivity contribution is 6.06. The van der Waals surface area contributed by atoms with Crippen molar-refractivity contribution >= 4 is 22.7 Å². The van der Waals surface area contributed by atoms with E-state index in [4.69, 9.17) is 4.98 Å². The topological polar surface area (TPSA) is 53.5 Å². The second-order valence-corrected chi connectivity index (χ2v) is 8.84. The number of carbonyl (C=O) groups excluding carboxylic acids is 2. The minimum Gasteiger partial charge on any atom is -0.342 e. The van der Waals surface area contributed by atoms with Crippen LogP contribution in [0.1, 0.15) is 66.9 Å². The lowest BCUT2D eigenvalue weighted by Crippen LogP contribution is -2.45. The van der Waals surface area contributed by atoms with Crippen molar-refractivity contribution in [2.24, 2.45) is 5.92 Å². The second-order valence-electron chi connectivity index (χ2n) is 8.84. The first kappa shape index (κ1) is 18.6. The van der Waals surface area contributed by atoms with Gasteiger partial charge in [-0.25, -0.2) is 0 Å². The Kier molecular flexibility index (Phi) is 4.98. The van der Waals surface area contributed by atoms with Gasteiger partial charge in [-0.15, -0.1) is 0 Å². The van der Waals surface area contributed by atoms with Gasteiger partial charge in [-0.05, 0) is 57.1 Å². The molecule has 1 aromatic carbocycles. The number of fused-ring (bicyclic) bond motifs is 1. The monoisotopic (exact) mass is 391 g/mol. The van der Waals surface area contributed by atoms with Gasteiger partial charge in [0.1, 0.15) is 0 Å². The zero-order chi connectivity index (χ0) is 19.8. The molecule has 1 aliphatic carbocycles. The van der Waals surface area contributed by atoms with Crippen molar-refractivity contribution < 1.29 is 9.59 Å². The molecule has 0 bridgehead atoms. The molecule has 2 amide bonds. The number of rotatable bonds is 3. The molecule has 0 atom stereocenters. The molecule has 0 radical (unpaired) electrons. The fourth-order valence-corrected chi connectivity index (χ4v) is 4.83. The zero-order valence-electron chi connectivity index (χ0n) is 17.0. The number of hydrogen-bond acceptors (Lipinski definition) is 3. The van der Waals surface area contributed by atoms with Gasteiger partial charge in [0.25, 0.3) is 5.91 Å². The number of likely N-dealkylation sites (tertiary alicyclic amines) is 2. The number of amides is 2. The van der Waals surface area contributed by atoms with Crippen LogP contribution in [0, 0.1) is 5.92 Å². The first-order valence-corrected chi connectivity index (χ1v) is 11.2. The first-order valence-electron chi connectivity index (χ1n) is 11.2. The molecule has 5 nitrogen and oxygen atoms in total. The van der Waals surface area contributed by atoms with Crippen LogP contribution in [0.2, 0.25) is 0 Å². The largest absolute Gasteiger partial charge is 0.342 e. The Morgan fingerprint density at radius 3 is 2.31 bits per heavy atom. The normalized spacial score (nSPS) is 20.8. The summed E-state index contributed by atoms with van der Waals surface area (Å²) in [7, 11) is 0. The van der Waals surface area contributed by atoms with E-state index >= 15 is 0 Å². The number of carbonyl (C=O) groups is 2. The molecular weight excluding hydrogens is 362 g/mol. The van der Waals surface area contributed by atoms with Crippen LogP contribution in [-0.2, 0) is 4.79 Å². The Labute approximate surface area is 172 Å². The average Bonchev–Trinajstić information content (AvgIpc) is 3.64. The van der Waals surface area contributed by atoms with Crippen molar-refractivity contribution in [3.63, 3.8) is 0 Å². The number of para-hydroxylation sites is 1. The molecule has 1 saturated carbocycles. The van der Waals surface area contributed by atoms with Crippen LogP contribution in [0.5, 0.6) is 0 Å². The van der Waals surface area contributed by atoms with Crippen LogP contribution < -0.4 is 0 Å². The fourth-order valence-electron chi connectivity index (χ4n) is 4.83. The van der Waals surface area contributed by atoms with Crippen molar-refractivity contribution in [2.75, 3.05) is 26.2 Å². The predicted octanol–water partition coefficient (Wildman–Crippen LogP) is 3.98. The van der Waals surface area contributed by atoms with Gasteiger partial charge in [0, 0.05) is 49.1 Å². The molecule has 3 fully saturated rings. The Morgan fingerprint density at radius 1 is 0.862 bits per heavy atom. The van der Waals surface area contributed by atoms with Gasteiger partial charge >= 0.3 is 0 Å². The number of pyridine rings is 1. The number of aromatic nitrogens is 1. The zero-order valence-corrected chi connectivity index (χ0v) is 17.0. The highest BCUT2D eigenvalue weighted by Gasteiger charge is 2.32. The molecule has 1 aromatic heterocycles. The van der Waals surface area contributed by atoms with E-state index in [2.05, 4.69) is 0 Å². The molecule has 5 rings (SSSR count). The first-order chi connectivity index (χ1) is 14.2. The summed E-state index contributed by atoms with van der Waals surface area (Å²) in [5.74, 6) is 0.990. The Morgan fingerprint density at radius 2 is 1.59 bits per heavy atom. The summed E-state index contributed by atoms with van der Waals surface area (Å²) in [5, 5.41) is 0.938. The van der Waals surface area contributed by atoms with E-state index in [0.717, 1.165) is 60.9 Å². The van der Waals surface area contributed by atoms with E-state index in [1.807, 2.05) is 40.1 Å². The van der Waals surface area contributed by atoms with Crippen LogP contribution in [0.15, 0.2) is 30.3 Å². The molecule has 0 unspecified atom stereocenters. The fraction of sp³-hybridized carbons (Fsp3) is 0.542. The van der Waals surface area contributed by atoms with E-state index in [9.17, 15) is 9.59 Å². The summed E-state index contributed by atoms with van der Waals surface area (Å²) in [5.41, 5.74) is 2.75. The van der Waals surface area contributed by atoms with Gasteiger partial charge in [-0.3, -0.25) is 14.6 Å². The van der Waals surface area contributed by atoms with Crippen molar-refractivity contribution in [3.8, 4) is 0 Å². The van der Waals surface area contributed by atoms with E-state index in [0.29, 0.717) is 24.9 Å². The van der Waals surface area contributed by atoms with Crippen LogP contribution in [0.3, 0.4) is 0 Å². The van der Waals surface area contributed by atoms with Crippen molar-refractivity contribution in [1.82, 2.24) is 14.8 Å². The Balaban J connectivity index is 1.31. The van der Waals surface area contributed by atoms with Gasteiger partial charge in [0.05, 0.1) is 11.1 Å². The van der Waals surface area contributed by atoms with Crippen LogP contribution in [0.4, 0.5) is 0 Å². The third-order valence-electron chi connectivity index (χ3n) is 6.76.